The molecule has 0 saturated heterocycles. The average molecular weight is 233 g/mol. The Balaban J connectivity index is 0. The van der Waals surface area contributed by atoms with E-state index >= 15 is 0 Å². The van der Waals surface area contributed by atoms with Crippen LogP contribution in [0.1, 0.15) is 0 Å². The summed E-state index contributed by atoms with van der Waals surface area (Å²) in [6.45, 7) is -1.80. The van der Waals surface area contributed by atoms with Crippen molar-refractivity contribution in [2.75, 3.05) is 19.6 Å². The molecule has 0 aliphatic rings. The van der Waals surface area contributed by atoms with Gasteiger partial charge in [0.15, 0.2) is 0 Å². The van der Waals surface area contributed by atoms with Gasteiger partial charge in [-0.1, -0.05) is 0 Å². The Kier molecular flexibility index (Phi) is 9.16. The molecule has 0 aromatic rings. The number of hydrogen-bond acceptors (Lipinski definition) is 4. The van der Waals surface area contributed by atoms with Crippen LogP contribution in [-0.2, 0) is 14.4 Å². The summed E-state index contributed by atoms with van der Waals surface area (Å²) in [6.07, 6.45) is 0. The quantitative estimate of drug-likeness (QED) is 0.439. The van der Waals surface area contributed by atoms with Crippen LogP contribution >= 0.6 is 0 Å². The van der Waals surface area contributed by atoms with Crippen molar-refractivity contribution in [3.05, 3.63) is 0 Å². The molecular weight excluding hydrogens is 222 g/mol. The molecule has 0 aliphatic heterocycles. The molecule has 0 saturated carbocycles. The zero-order valence-electron chi connectivity index (χ0n) is 6.63. The topological polar surface area (TPSA) is 115 Å². The SMILES string of the molecule is O=C(O)CN(CC(=O)O)CC(=O)O.[CaH2]. The summed E-state index contributed by atoms with van der Waals surface area (Å²) in [5.74, 6) is -3.78. The van der Waals surface area contributed by atoms with Crippen molar-refractivity contribution in [2.45, 2.75) is 0 Å². The zero-order chi connectivity index (χ0) is 10.4. The van der Waals surface area contributed by atoms with Gasteiger partial charge in [-0.2, -0.15) is 0 Å². The van der Waals surface area contributed by atoms with Gasteiger partial charge in [-0.3, -0.25) is 19.3 Å². The van der Waals surface area contributed by atoms with Crippen molar-refractivity contribution in [2.24, 2.45) is 0 Å². The molecule has 8 heteroatoms. The molecule has 0 aromatic carbocycles. The Hall–Kier alpha value is -0.370. The maximum atomic E-state index is 10.1. The standard InChI is InChI=1S/C6H9NO6.Ca.2H/c8-4(9)1-7(2-5(10)11)3-6(12)13;;;/h1-3H2,(H,8,9)(H,10,11)(H,12,13);;;. The van der Waals surface area contributed by atoms with Crippen LogP contribution in [0.3, 0.4) is 0 Å². The first-order valence-electron chi connectivity index (χ1n) is 3.29. The average Bonchev–Trinajstić information content (AvgIpc) is 1.80. The minimum atomic E-state index is -1.26. The molecule has 0 heterocycles. The summed E-state index contributed by atoms with van der Waals surface area (Å²) in [5.41, 5.74) is 0. The first-order chi connectivity index (χ1) is 5.91. The van der Waals surface area contributed by atoms with Gasteiger partial charge in [-0.25, -0.2) is 0 Å². The van der Waals surface area contributed by atoms with Gasteiger partial charge in [0.2, 0.25) is 0 Å². The molecule has 0 amide bonds. The van der Waals surface area contributed by atoms with E-state index in [0.717, 1.165) is 4.90 Å². The van der Waals surface area contributed by atoms with Gasteiger partial charge in [-0.05, 0) is 0 Å². The van der Waals surface area contributed by atoms with Crippen molar-refractivity contribution in [3.63, 3.8) is 0 Å². The third-order valence-corrected chi connectivity index (χ3v) is 1.08. The van der Waals surface area contributed by atoms with Crippen molar-refractivity contribution >= 4 is 55.6 Å². The Morgan fingerprint density at radius 1 is 0.786 bits per heavy atom. The van der Waals surface area contributed by atoms with Gasteiger partial charge in [0.05, 0.1) is 19.6 Å². The van der Waals surface area contributed by atoms with E-state index in [1.165, 1.54) is 0 Å². The van der Waals surface area contributed by atoms with Gasteiger partial charge in [-0.15, -0.1) is 0 Å². The fourth-order valence-corrected chi connectivity index (χ4v) is 0.742. The van der Waals surface area contributed by atoms with Crippen LogP contribution in [-0.4, -0.2) is 95.5 Å². The number of aliphatic carboxylic acids is 3. The van der Waals surface area contributed by atoms with E-state index in [-0.39, 0.29) is 37.7 Å². The first kappa shape index (κ1) is 16.1. The van der Waals surface area contributed by atoms with E-state index < -0.39 is 37.5 Å². The molecule has 0 aromatic heterocycles. The molecule has 0 atom stereocenters. The molecule has 0 rings (SSSR count). The number of carboxylic acids is 3. The van der Waals surface area contributed by atoms with Gasteiger partial charge in [0.25, 0.3) is 0 Å². The fourth-order valence-electron chi connectivity index (χ4n) is 0.742. The third kappa shape index (κ3) is 9.72. The molecular formula is C6H11CaNO6. The normalized spacial score (nSPS) is 9.21. The molecule has 0 radical (unpaired) electrons. The predicted octanol–water partition coefficient (Wildman–Crippen LogP) is -2.37. The molecule has 14 heavy (non-hydrogen) atoms. The Morgan fingerprint density at radius 2 is 1.00 bits per heavy atom. The summed E-state index contributed by atoms with van der Waals surface area (Å²) in [5, 5.41) is 24.8. The monoisotopic (exact) mass is 233 g/mol. The summed E-state index contributed by atoms with van der Waals surface area (Å²) in [7, 11) is 0. The first-order valence-corrected chi connectivity index (χ1v) is 3.29. The van der Waals surface area contributed by atoms with E-state index in [9.17, 15) is 14.4 Å². The Bertz CT molecular complexity index is 192. The van der Waals surface area contributed by atoms with Gasteiger partial charge < -0.3 is 15.3 Å². The zero-order valence-corrected chi connectivity index (χ0v) is 6.63. The molecule has 3 N–H and O–H groups in total. The van der Waals surface area contributed by atoms with E-state index in [1.54, 1.807) is 0 Å². The number of nitrogens with zero attached hydrogens (tertiary/aromatic N) is 1. The molecule has 0 bridgehead atoms. The number of hydrogen-bond donors (Lipinski definition) is 3. The third-order valence-electron chi connectivity index (χ3n) is 1.08. The van der Waals surface area contributed by atoms with E-state index in [2.05, 4.69) is 0 Å². The number of carboxylic acid groups (broad SMARTS) is 3. The molecule has 7 nitrogen and oxygen atoms in total. The van der Waals surface area contributed by atoms with Gasteiger partial charge in [0, 0.05) is 0 Å². The summed E-state index contributed by atoms with van der Waals surface area (Å²) in [4.78, 5) is 31.2. The van der Waals surface area contributed by atoms with Crippen LogP contribution in [0.15, 0.2) is 0 Å². The van der Waals surface area contributed by atoms with Gasteiger partial charge >= 0.3 is 55.6 Å². The number of rotatable bonds is 6. The van der Waals surface area contributed by atoms with Crippen molar-refractivity contribution in [1.82, 2.24) is 4.90 Å². The van der Waals surface area contributed by atoms with E-state index in [1.807, 2.05) is 0 Å². The molecule has 0 unspecified atom stereocenters. The van der Waals surface area contributed by atoms with Crippen LogP contribution in [0, 0.1) is 0 Å². The summed E-state index contributed by atoms with van der Waals surface area (Å²) < 4.78 is 0. The molecule has 0 fully saturated rings. The predicted molar refractivity (Wildman–Crippen MR) is 47.9 cm³/mol. The second-order valence-corrected chi connectivity index (χ2v) is 2.33. The van der Waals surface area contributed by atoms with E-state index in [4.69, 9.17) is 15.3 Å². The summed E-state index contributed by atoms with van der Waals surface area (Å²) >= 11 is 0. The van der Waals surface area contributed by atoms with Crippen LogP contribution in [0.25, 0.3) is 0 Å². The van der Waals surface area contributed by atoms with Crippen LogP contribution < -0.4 is 0 Å². The second kappa shape index (κ2) is 7.98. The van der Waals surface area contributed by atoms with Crippen LogP contribution in [0.2, 0.25) is 0 Å². The Labute approximate surface area is 109 Å². The van der Waals surface area contributed by atoms with Gasteiger partial charge in [0.1, 0.15) is 0 Å². The molecule has 78 valence electrons. The summed E-state index contributed by atoms with van der Waals surface area (Å²) in [6, 6.07) is 0. The minimum absolute atomic E-state index is 0. The molecule has 0 aliphatic carbocycles. The maximum absolute atomic E-state index is 10.1. The number of carbonyl (C=O) groups is 3. The van der Waals surface area contributed by atoms with Crippen molar-refractivity contribution in [3.8, 4) is 0 Å². The Morgan fingerprint density at radius 3 is 1.14 bits per heavy atom. The van der Waals surface area contributed by atoms with Crippen LogP contribution in [0.4, 0.5) is 0 Å². The second-order valence-electron chi connectivity index (χ2n) is 2.33. The van der Waals surface area contributed by atoms with Crippen molar-refractivity contribution < 1.29 is 29.7 Å². The van der Waals surface area contributed by atoms with Crippen LogP contribution in [0.5, 0.6) is 0 Å². The fraction of sp³-hybridized carbons (Fsp3) is 0.500. The molecule has 0 spiro atoms. The van der Waals surface area contributed by atoms with Crippen molar-refractivity contribution in [1.29, 1.82) is 0 Å². The van der Waals surface area contributed by atoms with E-state index in [0.29, 0.717) is 0 Å².